The molecular weight excluding hydrogens is 154 g/mol. The number of β-amino-alcohol motifs (C(OH)–C–C–N with tert-alkyl or cyclic N) is 2. The largest absolute Gasteiger partial charge is 0.389 e. The molecule has 0 aromatic rings. The first-order valence-corrected chi connectivity index (χ1v) is 3.32. The summed E-state index contributed by atoms with van der Waals surface area (Å²) in [5.74, 6) is 0. The topological polar surface area (TPSA) is 43.7 Å². The summed E-state index contributed by atoms with van der Waals surface area (Å²) in [6.45, 7) is 4.17. The zero-order valence-corrected chi connectivity index (χ0v) is 6.84. The Morgan fingerprint density at radius 1 is 1.30 bits per heavy atom. The Morgan fingerprint density at radius 3 is 1.90 bits per heavy atom. The number of aliphatic hydroxyl groups excluding tert-OH is 2. The zero-order valence-electron chi connectivity index (χ0n) is 6.03. The Bertz CT molecular complexity index is 91.7. The van der Waals surface area contributed by atoms with Crippen molar-refractivity contribution in [2.75, 3.05) is 19.6 Å². The summed E-state index contributed by atoms with van der Waals surface area (Å²) >= 11 is 0. The second-order valence-electron chi connectivity index (χ2n) is 2.49. The van der Waals surface area contributed by atoms with E-state index in [0.717, 1.165) is 6.54 Å². The summed E-state index contributed by atoms with van der Waals surface area (Å²) in [6, 6.07) is 0. The van der Waals surface area contributed by atoms with E-state index in [2.05, 4.69) is 0 Å². The van der Waals surface area contributed by atoms with Gasteiger partial charge in [-0.2, -0.15) is 0 Å². The van der Waals surface area contributed by atoms with Gasteiger partial charge in [-0.05, 0) is 6.54 Å². The lowest BCUT2D eigenvalue weighted by atomic mass is 10.3. The normalized spacial score (nSPS) is 33.9. The Hall–Kier alpha value is 0.170. The summed E-state index contributed by atoms with van der Waals surface area (Å²) in [7, 11) is 0. The Balaban J connectivity index is 0.000000810. The number of nitrogens with zero attached hydrogens (tertiary/aromatic N) is 1. The summed E-state index contributed by atoms with van der Waals surface area (Å²) in [6.07, 6.45) is -1.05. The lowest BCUT2D eigenvalue weighted by Gasteiger charge is -2.08. The van der Waals surface area contributed by atoms with Crippen LogP contribution < -0.4 is 0 Å². The van der Waals surface area contributed by atoms with E-state index in [1.54, 1.807) is 0 Å². The van der Waals surface area contributed by atoms with Crippen LogP contribution in [0, 0.1) is 0 Å². The highest BCUT2D eigenvalue weighted by molar-refractivity contribution is 5.85. The molecule has 0 spiro atoms. The summed E-state index contributed by atoms with van der Waals surface area (Å²) in [5, 5.41) is 18.0. The Labute approximate surface area is 67.1 Å². The smallest absolute Gasteiger partial charge is 0.0938 e. The van der Waals surface area contributed by atoms with Crippen molar-refractivity contribution in [1.29, 1.82) is 0 Å². The predicted octanol–water partition coefficient (Wildman–Crippen LogP) is -0.535. The molecule has 0 radical (unpaired) electrons. The third-order valence-electron chi connectivity index (χ3n) is 1.78. The SMILES string of the molecule is CCN1C[C@@H](O)[C@@H](O)C1.Cl. The monoisotopic (exact) mass is 167 g/mol. The van der Waals surface area contributed by atoms with Crippen LogP contribution in [0.25, 0.3) is 0 Å². The second-order valence-corrected chi connectivity index (χ2v) is 2.49. The van der Waals surface area contributed by atoms with Crippen molar-refractivity contribution in [3.63, 3.8) is 0 Å². The van der Waals surface area contributed by atoms with E-state index in [9.17, 15) is 0 Å². The fourth-order valence-electron chi connectivity index (χ4n) is 1.11. The first-order chi connectivity index (χ1) is 4.24. The molecule has 0 saturated carbocycles. The molecule has 3 nitrogen and oxygen atoms in total. The van der Waals surface area contributed by atoms with Gasteiger partial charge in [-0.1, -0.05) is 6.92 Å². The summed E-state index contributed by atoms with van der Waals surface area (Å²) in [5.41, 5.74) is 0. The fourth-order valence-corrected chi connectivity index (χ4v) is 1.11. The van der Waals surface area contributed by atoms with Gasteiger partial charge in [-0.15, -0.1) is 12.4 Å². The van der Waals surface area contributed by atoms with Crippen LogP contribution in [0.4, 0.5) is 0 Å². The fraction of sp³-hybridized carbons (Fsp3) is 1.00. The molecule has 0 aromatic carbocycles. The number of halogens is 1. The van der Waals surface area contributed by atoms with Crippen LogP contribution in [0.2, 0.25) is 0 Å². The van der Waals surface area contributed by atoms with Crippen LogP contribution in [0.15, 0.2) is 0 Å². The van der Waals surface area contributed by atoms with Crippen LogP contribution in [0.5, 0.6) is 0 Å². The molecule has 0 amide bonds. The summed E-state index contributed by atoms with van der Waals surface area (Å²) < 4.78 is 0. The standard InChI is InChI=1S/C6H13NO2.ClH/c1-2-7-3-5(8)6(9)4-7;/h5-6,8-9H,2-4H2,1H3;1H/t5-,6+;. The van der Waals surface area contributed by atoms with Gasteiger partial charge in [-0.25, -0.2) is 0 Å². The first kappa shape index (κ1) is 10.2. The maximum absolute atomic E-state index is 9.01. The van der Waals surface area contributed by atoms with E-state index < -0.39 is 12.2 Å². The van der Waals surface area contributed by atoms with Gasteiger partial charge in [-0.3, -0.25) is 4.90 Å². The first-order valence-electron chi connectivity index (χ1n) is 3.32. The molecule has 0 bridgehead atoms. The molecule has 2 N–H and O–H groups in total. The van der Waals surface area contributed by atoms with Crippen LogP contribution in [0.3, 0.4) is 0 Å². The second kappa shape index (κ2) is 4.13. The number of likely N-dealkylation sites (tertiary alicyclic amines) is 1. The maximum Gasteiger partial charge on any atom is 0.0938 e. The van der Waals surface area contributed by atoms with E-state index in [-0.39, 0.29) is 12.4 Å². The van der Waals surface area contributed by atoms with Gasteiger partial charge in [0.2, 0.25) is 0 Å². The molecule has 2 atom stereocenters. The third-order valence-corrected chi connectivity index (χ3v) is 1.78. The average molecular weight is 168 g/mol. The van der Waals surface area contributed by atoms with Crippen molar-refractivity contribution < 1.29 is 10.2 Å². The summed E-state index contributed by atoms with van der Waals surface area (Å²) in [4.78, 5) is 2.02. The van der Waals surface area contributed by atoms with Crippen LogP contribution in [-0.4, -0.2) is 47.0 Å². The van der Waals surface area contributed by atoms with Crippen molar-refractivity contribution in [3.8, 4) is 0 Å². The minimum atomic E-state index is -0.523. The van der Waals surface area contributed by atoms with Crippen molar-refractivity contribution in [2.24, 2.45) is 0 Å². The molecule has 62 valence electrons. The van der Waals surface area contributed by atoms with E-state index >= 15 is 0 Å². The average Bonchev–Trinajstić information content (AvgIpc) is 2.13. The van der Waals surface area contributed by atoms with E-state index in [1.165, 1.54) is 0 Å². The molecule has 4 heteroatoms. The number of likely N-dealkylation sites (N-methyl/N-ethyl adjacent to an activating group) is 1. The maximum atomic E-state index is 9.01. The molecule has 1 aliphatic heterocycles. The van der Waals surface area contributed by atoms with Crippen molar-refractivity contribution in [3.05, 3.63) is 0 Å². The highest BCUT2D eigenvalue weighted by Gasteiger charge is 2.27. The van der Waals surface area contributed by atoms with Gasteiger partial charge in [0, 0.05) is 13.1 Å². The Morgan fingerprint density at radius 2 is 1.70 bits per heavy atom. The number of hydrogen-bond donors (Lipinski definition) is 2. The predicted molar refractivity (Wildman–Crippen MR) is 41.4 cm³/mol. The molecule has 1 fully saturated rings. The van der Waals surface area contributed by atoms with Crippen molar-refractivity contribution >= 4 is 12.4 Å². The molecule has 1 aliphatic rings. The van der Waals surface area contributed by atoms with Gasteiger partial charge in [0.25, 0.3) is 0 Å². The van der Waals surface area contributed by atoms with Crippen molar-refractivity contribution in [2.45, 2.75) is 19.1 Å². The molecule has 1 heterocycles. The van der Waals surface area contributed by atoms with Crippen LogP contribution >= 0.6 is 12.4 Å². The minimum absolute atomic E-state index is 0. The Kier molecular flexibility index (Phi) is 4.20. The lowest BCUT2D eigenvalue weighted by molar-refractivity contribution is 0.0572. The number of hydrogen-bond acceptors (Lipinski definition) is 3. The zero-order chi connectivity index (χ0) is 6.85. The molecule has 0 unspecified atom stereocenters. The molecule has 0 aromatic heterocycles. The van der Waals surface area contributed by atoms with Crippen LogP contribution in [-0.2, 0) is 0 Å². The van der Waals surface area contributed by atoms with E-state index in [1.807, 2.05) is 11.8 Å². The number of rotatable bonds is 1. The molecular formula is C6H14ClNO2. The molecule has 1 saturated heterocycles. The van der Waals surface area contributed by atoms with Gasteiger partial charge in [0.1, 0.15) is 0 Å². The van der Waals surface area contributed by atoms with Crippen molar-refractivity contribution in [1.82, 2.24) is 4.90 Å². The molecule has 10 heavy (non-hydrogen) atoms. The highest BCUT2D eigenvalue weighted by Crippen LogP contribution is 2.07. The van der Waals surface area contributed by atoms with Crippen LogP contribution in [0.1, 0.15) is 6.92 Å². The van der Waals surface area contributed by atoms with Gasteiger partial charge >= 0.3 is 0 Å². The molecule has 0 aliphatic carbocycles. The number of aliphatic hydroxyl groups is 2. The highest BCUT2D eigenvalue weighted by atomic mass is 35.5. The van der Waals surface area contributed by atoms with E-state index in [0.29, 0.717) is 13.1 Å². The third kappa shape index (κ3) is 2.09. The lowest BCUT2D eigenvalue weighted by Crippen LogP contribution is -2.22. The minimum Gasteiger partial charge on any atom is -0.389 e. The van der Waals surface area contributed by atoms with Gasteiger partial charge in [0.15, 0.2) is 0 Å². The van der Waals surface area contributed by atoms with E-state index in [4.69, 9.17) is 10.2 Å². The van der Waals surface area contributed by atoms with Gasteiger partial charge in [0.05, 0.1) is 12.2 Å². The van der Waals surface area contributed by atoms with Gasteiger partial charge < -0.3 is 10.2 Å². The quantitative estimate of drug-likeness (QED) is 0.552. The molecule has 1 rings (SSSR count).